The molecule has 0 bridgehead atoms. The number of hydrogen-bond donors (Lipinski definition) is 3. The molecule has 0 atom stereocenters. The average Bonchev–Trinajstić information content (AvgIpc) is 2.24. The van der Waals surface area contributed by atoms with Crippen LogP contribution in [0.4, 0.5) is 0 Å². The first kappa shape index (κ1) is 12.9. The van der Waals surface area contributed by atoms with Gasteiger partial charge in [-0.15, -0.1) is 0 Å². The SMILES string of the molecule is O=C(NCCOP(=O)(O)O)c1ccccc1. The minimum atomic E-state index is -4.45. The van der Waals surface area contributed by atoms with Gasteiger partial charge in [0, 0.05) is 12.1 Å². The van der Waals surface area contributed by atoms with Crippen LogP contribution in [0.3, 0.4) is 0 Å². The number of hydrogen-bond acceptors (Lipinski definition) is 3. The molecule has 0 heterocycles. The van der Waals surface area contributed by atoms with E-state index in [4.69, 9.17) is 9.79 Å². The molecule has 0 fully saturated rings. The molecule has 1 amide bonds. The fourth-order valence-corrected chi connectivity index (χ4v) is 1.35. The van der Waals surface area contributed by atoms with Crippen molar-refractivity contribution in [3.8, 4) is 0 Å². The Hall–Kier alpha value is -1.20. The molecule has 1 aromatic rings. The molecular weight excluding hydrogens is 233 g/mol. The van der Waals surface area contributed by atoms with Crippen molar-refractivity contribution in [3.05, 3.63) is 35.9 Å². The maximum absolute atomic E-state index is 11.4. The molecule has 6 nitrogen and oxygen atoms in total. The van der Waals surface area contributed by atoms with E-state index in [1.165, 1.54) is 0 Å². The summed E-state index contributed by atoms with van der Waals surface area (Å²) in [7, 11) is -4.45. The van der Waals surface area contributed by atoms with Gasteiger partial charge in [0.05, 0.1) is 6.61 Å². The van der Waals surface area contributed by atoms with Crippen molar-refractivity contribution in [1.29, 1.82) is 0 Å². The van der Waals surface area contributed by atoms with E-state index in [2.05, 4.69) is 9.84 Å². The molecule has 0 aliphatic rings. The molecule has 0 saturated carbocycles. The molecule has 1 rings (SSSR count). The van der Waals surface area contributed by atoms with Crippen LogP contribution in [0.5, 0.6) is 0 Å². The third-order valence-electron chi connectivity index (χ3n) is 1.68. The van der Waals surface area contributed by atoms with Crippen molar-refractivity contribution < 1.29 is 23.7 Å². The van der Waals surface area contributed by atoms with Gasteiger partial charge in [0.1, 0.15) is 0 Å². The van der Waals surface area contributed by atoms with E-state index in [-0.39, 0.29) is 19.1 Å². The highest BCUT2D eigenvalue weighted by Gasteiger charge is 2.13. The highest BCUT2D eigenvalue weighted by Crippen LogP contribution is 2.35. The molecule has 0 saturated heterocycles. The van der Waals surface area contributed by atoms with Crippen LogP contribution in [0.1, 0.15) is 10.4 Å². The first-order chi connectivity index (χ1) is 7.49. The van der Waals surface area contributed by atoms with E-state index >= 15 is 0 Å². The first-order valence-electron chi connectivity index (χ1n) is 4.52. The lowest BCUT2D eigenvalue weighted by atomic mass is 10.2. The first-order valence-corrected chi connectivity index (χ1v) is 6.05. The summed E-state index contributed by atoms with van der Waals surface area (Å²) in [5.41, 5.74) is 0.485. The van der Waals surface area contributed by atoms with Crippen LogP contribution < -0.4 is 5.32 Å². The smallest absolute Gasteiger partial charge is 0.350 e. The molecule has 1 aromatic carbocycles. The van der Waals surface area contributed by atoms with E-state index in [9.17, 15) is 9.36 Å². The predicted octanol–water partition coefficient (Wildman–Crippen LogP) is 0.526. The van der Waals surface area contributed by atoms with Gasteiger partial charge in [0.15, 0.2) is 0 Å². The average molecular weight is 245 g/mol. The molecule has 0 aliphatic heterocycles. The van der Waals surface area contributed by atoms with E-state index < -0.39 is 7.82 Å². The van der Waals surface area contributed by atoms with Crippen molar-refractivity contribution in [1.82, 2.24) is 5.32 Å². The van der Waals surface area contributed by atoms with Gasteiger partial charge in [-0.2, -0.15) is 0 Å². The van der Waals surface area contributed by atoms with Gasteiger partial charge < -0.3 is 15.1 Å². The third kappa shape index (κ3) is 5.04. The van der Waals surface area contributed by atoms with Crippen molar-refractivity contribution in [2.24, 2.45) is 0 Å². The number of carbonyl (C=O) groups excluding carboxylic acids is 1. The van der Waals surface area contributed by atoms with Crippen molar-refractivity contribution in [3.63, 3.8) is 0 Å². The van der Waals surface area contributed by atoms with Crippen LogP contribution >= 0.6 is 7.82 Å². The lowest BCUT2D eigenvalue weighted by Gasteiger charge is -2.06. The summed E-state index contributed by atoms with van der Waals surface area (Å²) in [4.78, 5) is 28.2. The Morgan fingerprint density at radius 1 is 1.31 bits per heavy atom. The topological polar surface area (TPSA) is 95.9 Å². The number of phosphoric ester groups is 1. The van der Waals surface area contributed by atoms with Crippen molar-refractivity contribution >= 4 is 13.7 Å². The fourth-order valence-electron chi connectivity index (χ4n) is 1.02. The molecular formula is C9H12NO5P. The van der Waals surface area contributed by atoms with Gasteiger partial charge in [0.25, 0.3) is 5.91 Å². The summed E-state index contributed by atoms with van der Waals surface area (Å²) in [6.45, 7) is -0.193. The van der Waals surface area contributed by atoms with E-state index in [0.717, 1.165) is 0 Å². The van der Waals surface area contributed by atoms with Gasteiger partial charge in [-0.3, -0.25) is 9.32 Å². The molecule has 0 aliphatic carbocycles. The van der Waals surface area contributed by atoms with Crippen molar-refractivity contribution in [2.75, 3.05) is 13.2 Å². The van der Waals surface area contributed by atoms with Crippen molar-refractivity contribution in [2.45, 2.75) is 0 Å². The molecule has 0 spiro atoms. The van der Waals surface area contributed by atoms with Crippen LogP contribution in [0.15, 0.2) is 30.3 Å². The quantitative estimate of drug-likeness (QED) is 0.519. The normalized spacial score (nSPS) is 11.1. The van der Waals surface area contributed by atoms with Gasteiger partial charge in [0.2, 0.25) is 0 Å². The monoisotopic (exact) mass is 245 g/mol. The van der Waals surface area contributed by atoms with Crippen LogP contribution in [0, 0.1) is 0 Å². The number of carbonyl (C=O) groups is 1. The van der Waals surface area contributed by atoms with Gasteiger partial charge in [-0.25, -0.2) is 4.57 Å². The Labute approximate surface area is 92.5 Å². The number of phosphoric acid groups is 1. The van der Waals surface area contributed by atoms with E-state index in [0.29, 0.717) is 5.56 Å². The summed E-state index contributed by atoms with van der Waals surface area (Å²) in [6.07, 6.45) is 0. The number of nitrogens with one attached hydrogen (secondary N) is 1. The highest BCUT2D eigenvalue weighted by atomic mass is 31.2. The maximum Gasteiger partial charge on any atom is 0.469 e. The largest absolute Gasteiger partial charge is 0.469 e. The van der Waals surface area contributed by atoms with Crippen LogP contribution in [0.2, 0.25) is 0 Å². The van der Waals surface area contributed by atoms with E-state index in [1.54, 1.807) is 30.3 Å². The zero-order valence-electron chi connectivity index (χ0n) is 8.37. The molecule has 16 heavy (non-hydrogen) atoms. The zero-order chi connectivity index (χ0) is 12.0. The van der Waals surface area contributed by atoms with E-state index in [1.807, 2.05) is 0 Å². The summed E-state index contributed by atoms with van der Waals surface area (Å²) in [5.74, 6) is -0.310. The number of benzene rings is 1. The summed E-state index contributed by atoms with van der Waals surface area (Å²) in [6, 6.07) is 8.51. The van der Waals surface area contributed by atoms with Gasteiger partial charge in [-0.05, 0) is 12.1 Å². The lowest BCUT2D eigenvalue weighted by Crippen LogP contribution is -2.26. The Morgan fingerprint density at radius 2 is 1.94 bits per heavy atom. The molecule has 88 valence electrons. The van der Waals surface area contributed by atoms with Crippen LogP contribution in [-0.2, 0) is 9.09 Å². The number of rotatable bonds is 5. The third-order valence-corrected chi connectivity index (χ3v) is 2.20. The Bertz CT molecular complexity index is 388. The lowest BCUT2D eigenvalue weighted by molar-refractivity contribution is 0.0941. The number of amides is 1. The molecule has 0 radical (unpaired) electrons. The predicted molar refractivity (Wildman–Crippen MR) is 56.8 cm³/mol. The molecule has 0 unspecified atom stereocenters. The zero-order valence-corrected chi connectivity index (χ0v) is 9.26. The molecule has 0 aromatic heterocycles. The fraction of sp³-hybridized carbons (Fsp3) is 0.222. The second-order valence-electron chi connectivity index (χ2n) is 2.95. The second-order valence-corrected chi connectivity index (χ2v) is 4.19. The Balaban J connectivity index is 2.29. The van der Waals surface area contributed by atoms with Crippen LogP contribution in [-0.4, -0.2) is 28.8 Å². The Kier molecular flexibility index (Phi) is 4.64. The minimum Gasteiger partial charge on any atom is -0.350 e. The minimum absolute atomic E-state index is 0.0405. The standard InChI is InChI=1S/C9H12NO5P/c11-9(8-4-2-1-3-5-8)10-6-7-15-16(12,13)14/h1-5H,6-7H2,(H,10,11)(H2,12,13,14). The maximum atomic E-state index is 11.4. The van der Waals surface area contributed by atoms with Gasteiger partial charge >= 0.3 is 7.82 Å². The molecule has 7 heteroatoms. The Morgan fingerprint density at radius 3 is 2.50 bits per heavy atom. The summed E-state index contributed by atoms with van der Waals surface area (Å²) in [5, 5.41) is 2.46. The highest BCUT2D eigenvalue weighted by molar-refractivity contribution is 7.46. The summed E-state index contributed by atoms with van der Waals surface area (Å²) < 4.78 is 14.5. The summed E-state index contributed by atoms with van der Waals surface area (Å²) >= 11 is 0. The second kappa shape index (κ2) is 5.77. The molecule has 3 N–H and O–H groups in total. The van der Waals surface area contributed by atoms with Gasteiger partial charge in [-0.1, -0.05) is 18.2 Å². The van der Waals surface area contributed by atoms with Crippen LogP contribution in [0.25, 0.3) is 0 Å².